The monoisotopic (exact) mass is 452 g/mol. The number of hydrogen-bond donors (Lipinski definition) is 1. The molecule has 0 radical (unpaired) electrons. The molecule has 2 amide bonds. The van der Waals surface area contributed by atoms with Crippen LogP contribution in [0.1, 0.15) is 65.5 Å². The Balaban J connectivity index is 1.82. The lowest BCUT2D eigenvalue weighted by molar-refractivity contribution is -0.125. The molecule has 1 fully saturated rings. The predicted octanol–water partition coefficient (Wildman–Crippen LogP) is 4.07. The summed E-state index contributed by atoms with van der Waals surface area (Å²) in [5, 5.41) is 3.28. The summed E-state index contributed by atoms with van der Waals surface area (Å²) >= 11 is 0. The minimum absolute atomic E-state index is 0.0736. The zero-order chi connectivity index (χ0) is 23.5. The highest BCUT2D eigenvalue weighted by Crippen LogP contribution is 2.46. The van der Waals surface area contributed by atoms with Crippen molar-refractivity contribution in [2.45, 2.75) is 50.1 Å². The second kappa shape index (κ2) is 9.73. The molecule has 0 aromatic heterocycles. The van der Waals surface area contributed by atoms with E-state index in [0.29, 0.717) is 22.6 Å². The number of methoxy groups -OCH3 is 3. The Morgan fingerprint density at radius 1 is 0.939 bits per heavy atom. The van der Waals surface area contributed by atoms with Crippen LogP contribution in [0.4, 0.5) is 0 Å². The van der Waals surface area contributed by atoms with Crippen LogP contribution in [0.15, 0.2) is 36.4 Å². The van der Waals surface area contributed by atoms with Crippen molar-refractivity contribution in [2.24, 2.45) is 0 Å². The third kappa shape index (κ3) is 4.36. The fraction of sp³-hybridized carbons (Fsp3) is 0.462. The van der Waals surface area contributed by atoms with Crippen LogP contribution in [0, 0.1) is 0 Å². The van der Waals surface area contributed by atoms with E-state index < -0.39 is 12.0 Å². The Labute approximate surface area is 195 Å². The van der Waals surface area contributed by atoms with E-state index in [1.165, 1.54) is 13.5 Å². The fourth-order valence-electron chi connectivity index (χ4n) is 5.09. The number of fused-ring (bicyclic) bond motifs is 1. The van der Waals surface area contributed by atoms with Gasteiger partial charge in [-0.25, -0.2) is 0 Å². The molecule has 7 nitrogen and oxygen atoms in total. The van der Waals surface area contributed by atoms with E-state index in [0.717, 1.165) is 37.0 Å². The molecular formula is C26H32N2O5. The molecule has 4 rings (SSSR count). The summed E-state index contributed by atoms with van der Waals surface area (Å²) < 4.78 is 16.2. The van der Waals surface area contributed by atoms with Crippen molar-refractivity contribution >= 4 is 11.8 Å². The molecule has 7 heteroatoms. The van der Waals surface area contributed by atoms with Gasteiger partial charge in [-0.15, -0.1) is 0 Å². The van der Waals surface area contributed by atoms with Crippen LogP contribution in [0.5, 0.6) is 17.2 Å². The summed E-state index contributed by atoms with van der Waals surface area (Å²) in [6.07, 6.45) is 5.43. The highest BCUT2D eigenvalue weighted by molar-refractivity contribution is 6.02. The van der Waals surface area contributed by atoms with Gasteiger partial charge in [-0.1, -0.05) is 31.4 Å². The van der Waals surface area contributed by atoms with Gasteiger partial charge in [0.2, 0.25) is 5.91 Å². The van der Waals surface area contributed by atoms with Gasteiger partial charge in [-0.3, -0.25) is 9.59 Å². The van der Waals surface area contributed by atoms with Crippen molar-refractivity contribution in [3.63, 3.8) is 0 Å². The molecule has 0 spiro atoms. The predicted molar refractivity (Wildman–Crippen MR) is 125 cm³/mol. The van der Waals surface area contributed by atoms with Crippen LogP contribution >= 0.6 is 0 Å². The van der Waals surface area contributed by atoms with E-state index in [4.69, 9.17) is 14.2 Å². The second-order valence-electron chi connectivity index (χ2n) is 8.75. The van der Waals surface area contributed by atoms with E-state index in [-0.39, 0.29) is 17.9 Å². The van der Waals surface area contributed by atoms with Crippen molar-refractivity contribution < 1.29 is 23.8 Å². The summed E-state index contributed by atoms with van der Waals surface area (Å²) in [6, 6.07) is 10.7. The number of carbonyl (C=O) groups is 2. The first kappa shape index (κ1) is 23.0. The first-order chi connectivity index (χ1) is 16.0. The van der Waals surface area contributed by atoms with Crippen molar-refractivity contribution in [1.29, 1.82) is 0 Å². The number of nitrogens with one attached hydrogen (secondary N) is 1. The molecule has 176 valence electrons. The zero-order valence-corrected chi connectivity index (χ0v) is 19.7. The maximum absolute atomic E-state index is 13.8. The number of carbonyl (C=O) groups excluding carboxylic acids is 2. The van der Waals surface area contributed by atoms with Gasteiger partial charge in [-0.05, 0) is 48.2 Å². The summed E-state index contributed by atoms with van der Waals surface area (Å²) in [4.78, 5) is 28.9. The number of rotatable bonds is 6. The maximum Gasteiger partial charge on any atom is 0.254 e. The molecule has 0 unspecified atom stereocenters. The molecule has 0 saturated heterocycles. The first-order valence-corrected chi connectivity index (χ1v) is 11.5. The van der Waals surface area contributed by atoms with E-state index in [9.17, 15) is 9.59 Å². The third-order valence-corrected chi connectivity index (χ3v) is 6.87. The van der Waals surface area contributed by atoms with Crippen LogP contribution in [0.2, 0.25) is 0 Å². The highest BCUT2D eigenvalue weighted by atomic mass is 16.5. The molecule has 1 aliphatic heterocycles. The minimum atomic E-state index is -0.585. The normalized spacial score (nSPS) is 20.7. The molecule has 1 N–H and O–H groups in total. The standard InChI is InChI=1S/C26H32N2O5/c1-28-24(16-10-12-18(31-2)13-11-16)23(25(29)27-17-8-6-5-7-9-17)19-14-21(32-3)22(33-4)15-20(19)26(28)30/h10-15,17,23-24H,5-9H2,1-4H3,(H,27,29)/t23-,24+/m1/s1. The topological polar surface area (TPSA) is 77.1 Å². The van der Waals surface area contributed by atoms with E-state index in [1.807, 2.05) is 24.3 Å². The zero-order valence-electron chi connectivity index (χ0n) is 19.7. The van der Waals surface area contributed by atoms with Crippen LogP contribution in [-0.2, 0) is 4.79 Å². The Bertz CT molecular complexity index is 1010. The van der Waals surface area contributed by atoms with Gasteiger partial charge >= 0.3 is 0 Å². The van der Waals surface area contributed by atoms with E-state index in [1.54, 1.807) is 38.3 Å². The lowest BCUT2D eigenvalue weighted by Gasteiger charge is -2.40. The average Bonchev–Trinajstić information content (AvgIpc) is 2.85. The Morgan fingerprint density at radius 3 is 2.18 bits per heavy atom. The van der Waals surface area contributed by atoms with Crippen molar-refractivity contribution in [3.8, 4) is 17.2 Å². The van der Waals surface area contributed by atoms with Gasteiger partial charge in [0.1, 0.15) is 5.75 Å². The number of benzene rings is 2. The first-order valence-electron chi connectivity index (χ1n) is 11.5. The molecule has 2 aliphatic rings. The lowest BCUT2D eigenvalue weighted by Crippen LogP contribution is -2.48. The molecule has 2 atom stereocenters. The summed E-state index contributed by atoms with van der Waals surface area (Å²) in [7, 11) is 6.45. The van der Waals surface area contributed by atoms with Crippen molar-refractivity contribution in [2.75, 3.05) is 28.4 Å². The Kier molecular flexibility index (Phi) is 6.77. The van der Waals surface area contributed by atoms with Gasteiger partial charge in [0.05, 0.1) is 33.3 Å². The SMILES string of the molecule is COc1ccc([C@H]2[C@H](C(=O)NC3CCCCC3)c3cc(OC)c(OC)cc3C(=O)N2C)cc1. The van der Waals surface area contributed by atoms with Gasteiger partial charge in [-0.2, -0.15) is 0 Å². The van der Waals surface area contributed by atoms with Crippen LogP contribution in [0.25, 0.3) is 0 Å². The molecular weight excluding hydrogens is 420 g/mol. The number of likely N-dealkylation sites (N-methyl/N-ethyl adjacent to an activating group) is 1. The smallest absolute Gasteiger partial charge is 0.254 e. The van der Waals surface area contributed by atoms with Crippen LogP contribution < -0.4 is 19.5 Å². The molecule has 1 aliphatic carbocycles. The number of amides is 2. The van der Waals surface area contributed by atoms with Crippen LogP contribution in [0.3, 0.4) is 0 Å². The molecule has 0 bridgehead atoms. The highest BCUT2D eigenvalue weighted by Gasteiger charge is 2.44. The maximum atomic E-state index is 13.8. The number of hydrogen-bond acceptors (Lipinski definition) is 5. The van der Waals surface area contributed by atoms with Gasteiger partial charge in [0.25, 0.3) is 5.91 Å². The third-order valence-electron chi connectivity index (χ3n) is 6.87. The molecule has 2 aromatic carbocycles. The Morgan fingerprint density at radius 2 is 1.58 bits per heavy atom. The molecule has 2 aromatic rings. The number of ether oxygens (including phenoxy) is 3. The van der Waals surface area contributed by atoms with Gasteiger partial charge in [0, 0.05) is 18.7 Å². The largest absolute Gasteiger partial charge is 0.497 e. The quantitative estimate of drug-likeness (QED) is 0.715. The lowest BCUT2D eigenvalue weighted by atomic mass is 9.78. The van der Waals surface area contributed by atoms with E-state index >= 15 is 0 Å². The summed E-state index contributed by atoms with van der Waals surface area (Å²) in [6.45, 7) is 0. The minimum Gasteiger partial charge on any atom is -0.497 e. The molecule has 1 saturated carbocycles. The van der Waals surface area contributed by atoms with Crippen molar-refractivity contribution in [1.82, 2.24) is 10.2 Å². The second-order valence-corrected chi connectivity index (χ2v) is 8.75. The number of nitrogens with zero attached hydrogens (tertiary/aromatic N) is 1. The average molecular weight is 453 g/mol. The van der Waals surface area contributed by atoms with E-state index in [2.05, 4.69) is 5.32 Å². The van der Waals surface area contributed by atoms with Crippen LogP contribution in [-0.4, -0.2) is 51.1 Å². The summed E-state index contributed by atoms with van der Waals surface area (Å²) in [5.74, 6) is 0.866. The molecule has 33 heavy (non-hydrogen) atoms. The van der Waals surface area contributed by atoms with Crippen molar-refractivity contribution in [3.05, 3.63) is 53.1 Å². The van der Waals surface area contributed by atoms with Gasteiger partial charge < -0.3 is 24.4 Å². The summed E-state index contributed by atoms with van der Waals surface area (Å²) in [5.41, 5.74) is 1.99. The Hall–Kier alpha value is -3.22. The van der Waals surface area contributed by atoms with Gasteiger partial charge in [0.15, 0.2) is 11.5 Å². The fourth-order valence-corrected chi connectivity index (χ4v) is 5.09. The molecule has 1 heterocycles.